The van der Waals surface area contributed by atoms with E-state index < -0.39 is 11.9 Å². The fourth-order valence-corrected chi connectivity index (χ4v) is 4.11. The summed E-state index contributed by atoms with van der Waals surface area (Å²) in [6.45, 7) is 3.31. The summed E-state index contributed by atoms with van der Waals surface area (Å²) in [5.74, 6) is -1.16. The quantitative estimate of drug-likeness (QED) is 0.485. The first-order valence-corrected chi connectivity index (χ1v) is 9.65. The average molecular weight is 422 g/mol. The molecule has 0 atom stereocenters. The van der Waals surface area contributed by atoms with Crippen LogP contribution < -0.4 is 10.0 Å². The van der Waals surface area contributed by atoms with E-state index in [0.29, 0.717) is 29.8 Å². The molecule has 0 unspecified atom stereocenters. The Balaban J connectivity index is 1.68. The van der Waals surface area contributed by atoms with Gasteiger partial charge in [0.15, 0.2) is 0 Å². The Morgan fingerprint density at radius 1 is 1.43 bits per heavy atom. The van der Waals surface area contributed by atoms with Crippen molar-refractivity contribution < 1.29 is 13.9 Å². The molecule has 0 saturated carbocycles. The van der Waals surface area contributed by atoms with Gasteiger partial charge in [0.05, 0.1) is 18.8 Å². The van der Waals surface area contributed by atoms with E-state index in [2.05, 4.69) is 26.9 Å². The van der Waals surface area contributed by atoms with E-state index in [9.17, 15) is 9.18 Å². The summed E-state index contributed by atoms with van der Waals surface area (Å²) < 4.78 is 23.9. The molecule has 1 saturated heterocycles. The Labute approximate surface area is 169 Å². The van der Waals surface area contributed by atoms with E-state index >= 15 is 0 Å². The van der Waals surface area contributed by atoms with Gasteiger partial charge in [-0.15, -0.1) is 0 Å². The predicted molar refractivity (Wildman–Crippen MR) is 106 cm³/mol. The highest BCUT2D eigenvalue weighted by Gasteiger charge is 2.34. The largest absolute Gasteiger partial charge is 0.377 e. The summed E-state index contributed by atoms with van der Waals surface area (Å²) in [6.07, 6.45) is 1.68. The van der Waals surface area contributed by atoms with Gasteiger partial charge in [-0.1, -0.05) is 11.6 Å². The first kappa shape index (κ1) is 19.1. The number of aromatic nitrogens is 3. The predicted octanol–water partition coefficient (Wildman–Crippen LogP) is 3.40. The molecule has 0 radical (unpaired) electrons. The summed E-state index contributed by atoms with van der Waals surface area (Å²) in [7, 11) is 1.79. The molecule has 146 valence electrons. The van der Waals surface area contributed by atoms with Crippen LogP contribution in [0.5, 0.6) is 0 Å². The molecule has 10 heteroatoms. The Kier molecular flexibility index (Phi) is 5.00. The van der Waals surface area contributed by atoms with Crippen LogP contribution in [0.3, 0.4) is 0 Å². The van der Waals surface area contributed by atoms with Gasteiger partial charge in [-0.3, -0.25) is 9.78 Å². The molecule has 1 aliphatic rings. The maximum absolute atomic E-state index is 13.5. The van der Waals surface area contributed by atoms with Crippen LogP contribution in [-0.4, -0.2) is 39.2 Å². The molecule has 1 aliphatic heterocycles. The number of fused-ring (bicyclic) bond motifs is 1. The third-order valence-electron chi connectivity index (χ3n) is 4.38. The summed E-state index contributed by atoms with van der Waals surface area (Å²) in [5, 5.41) is 4.14. The van der Waals surface area contributed by atoms with Crippen molar-refractivity contribution >= 4 is 46.0 Å². The van der Waals surface area contributed by atoms with Gasteiger partial charge in [-0.05, 0) is 37.1 Å². The maximum Gasteiger partial charge on any atom is 0.273 e. The molecule has 0 aromatic carbocycles. The van der Waals surface area contributed by atoms with Crippen molar-refractivity contribution in [2.24, 2.45) is 7.05 Å². The van der Waals surface area contributed by atoms with Gasteiger partial charge in [0.25, 0.3) is 5.91 Å². The molecule has 3 aromatic rings. The van der Waals surface area contributed by atoms with E-state index in [4.69, 9.17) is 16.3 Å². The molecule has 0 spiro atoms. The lowest BCUT2D eigenvalue weighted by Crippen LogP contribution is -2.55. The molecular weight excluding hydrogens is 405 g/mol. The standard InChI is InChI=1S/C18H17ClFN5O2S/c1-18(8-27-9-18)24-28-17-14-11(4-3-5-21-14)15(25(17)2)16(26)22-10-6-12(19)23-13(20)7-10/h3-7,24H,8-9H2,1-2H3,(H,22,23,26). The van der Waals surface area contributed by atoms with E-state index in [1.807, 2.05) is 6.07 Å². The van der Waals surface area contributed by atoms with Crippen LogP contribution in [0.15, 0.2) is 35.5 Å². The minimum atomic E-state index is -0.766. The van der Waals surface area contributed by atoms with Gasteiger partial charge in [0.1, 0.15) is 21.4 Å². The molecule has 28 heavy (non-hydrogen) atoms. The molecule has 4 rings (SSSR count). The van der Waals surface area contributed by atoms with Crippen molar-refractivity contribution in [1.82, 2.24) is 19.3 Å². The minimum Gasteiger partial charge on any atom is -0.377 e. The molecule has 3 aromatic heterocycles. The fourth-order valence-electron chi connectivity index (χ4n) is 2.97. The number of hydrogen-bond donors (Lipinski definition) is 2. The van der Waals surface area contributed by atoms with Gasteiger partial charge >= 0.3 is 0 Å². The SMILES string of the molecule is Cn1c(C(=O)Nc2cc(F)nc(Cl)c2)c2cccnc2c1SNC1(C)COC1. The molecule has 2 N–H and O–H groups in total. The first-order valence-electron chi connectivity index (χ1n) is 8.46. The highest BCUT2D eigenvalue weighted by Crippen LogP contribution is 2.32. The number of carbonyl (C=O) groups excluding carboxylic acids is 1. The van der Waals surface area contributed by atoms with Crippen LogP contribution in [0.4, 0.5) is 10.1 Å². The number of carbonyl (C=O) groups is 1. The zero-order valence-corrected chi connectivity index (χ0v) is 16.7. The van der Waals surface area contributed by atoms with Crippen LogP contribution in [0.1, 0.15) is 17.4 Å². The van der Waals surface area contributed by atoms with Crippen molar-refractivity contribution in [2.45, 2.75) is 17.5 Å². The smallest absolute Gasteiger partial charge is 0.273 e. The lowest BCUT2D eigenvalue weighted by atomic mass is 10.0. The molecule has 1 amide bonds. The van der Waals surface area contributed by atoms with Crippen molar-refractivity contribution in [3.8, 4) is 0 Å². The molecule has 4 heterocycles. The monoisotopic (exact) mass is 421 g/mol. The van der Waals surface area contributed by atoms with E-state index in [0.717, 1.165) is 11.1 Å². The highest BCUT2D eigenvalue weighted by molar-refractivity contribution is 7.97. The molecule has 0 bridgehead atoms. The summed E-state index contributed by atoms with van der Waals surface area (Å²) >= 11 is 7.18. The normalized spacial score (nSPS) is 15.4. The average Bonchev–Trinajstić information content (AvgIpc) is 2.89. The maximum atomic E-state index is 13.5. The number of ether oxygens (including phenoxy) is 1. The number of nitrogens with zero attached hydrogens (tertiary/aromatic N) is 3. The lowest BCUT2D eigenvalue weighted by molar-refractivity contribution is -0.0510. The Morgan fingerprint density at radius 2 is 2.21 bits per heavy atom. The van der Waals surface area contributed by atoms with Crippen molar-refractivity contribution in [1.29, 1.82) is 0 Å². The van der Waals surface area contributed by atoms with E-state index in [1.54, 1.807) is 23.9 Å². The van der Waals surface area contributed by atoms with E-state index in [-0.39, 0.29) is 16.4 Å². The second kappa shape index (κ2) is 7.32. The van der Waals surface area contributed by atoms with Gasteiger partial charge in [-0.25, -0.2) is 9.71 Å². The summed E-state index contributed by atoms with van der Waals surface area (Å²) in [6, 6.07) is 6.10. The zero-order chi connectivity index (χ0) is 19.9. The Bertz CT molecular complexity index is 1050. The van der Waals surface area contributed by atoms with Crippen molar-refractivity contribution in [3.05, 3.63) is 47.3 Å². The zero-order valence-electron chi connectivity index (χ0n) is 15.1. The van der Waals surface area contributed by atoms with Crippen LogP contribution >= 0.6 is 23.5 Å². The second-order valence-corrected chi connectivity index (χ2v) is 8.01. The highest BCUT2D eigenvalue weighted by atomic mass is 35.5. The third-order valence-corrected chi connectivity index (χ3v) is 5.83. The van der Waals surface area contributed by atoms with Gasteiger partial charge < -0.3 is 14.6 Å². The number of amides is 1. The van der Waals surface area contributed by atoms with Crippen LogP contribution in [-0.2, 0) is 11.8 Å². The van der Waals surface area contributed by atoms with Crippen LogP contribution in [0.2, 0.25) is 5.15 Å². The third kappa shape index (κ3) is 3.58. The minimum absolute atomic E-state index is 0.0369. The molecule has 1 fully saturated rings. The fraction of sp³-hybridized carbons (Fsp3) is 0.278. The van der Waals surface area contributed by atoms with Gasteiger partial charge in [-0.2, -0.15) is 4.39 Å². The molecule has 0 aliphatic carbocycles. The number of pyridine rings is 2. The number of halogens is 2. The first-order chi connectivity index (χ1) is 13.4. The van der Waals surface area contributed by atoms with Crippen molar-refractivity contribution in [2.75, 3.05) is 18.5 Å². The number of nitrogens with one attached hydrogen (secondary N) is 2. The number of rotatable bonds is 5. The topological polar surface area (TPSA) is 81.1 Å². The molecule has 7 nitrogen and oxygen atoms in total. The van der Waals surface area contributed by atoms with Crippen molar-refractivity contribution in [3.63, 3.8) is 0 Å². The Hall–Kier alpha value is -2.20. The van der Waals surface area contributed by atoms with Crippen LogP contribution in [0.25, 0.3) is 10.9 Å². The van der Waals surface area contributed by atoms with Gasteiger partial charge in [0, 0.05) is 30.4 Å². The number of anilines is 1. The van der Waals surface area contributed by atoms with Gasteiger partial charge in [0.2, 0.25) is 5.95 Å². The Morgan fingerprint density at radius 3 is 2.89 bits per heavy atom. The number of hydrogen-bond acceptors (Lipinski definition) is 6. The molecular formula is C18H17ClFN5O2S. The lowest BCUT2D eigenvalue weighted by Gasteiger charge is -2.38. The van der Waals surface area contributed by atoms with E-state index in [1.165, 1.54) is 18.0 Å². The summed E-state index contributed by atoms with van der Waals surface area (Å²) in [5.41, 5.74) is 1.22. The summed E-state index contributed by atoms with van der Waals surface area (Å²) in [4.78, 5) is 20.9. The second-order valence-electron chi connectivity index (χ2n) is 6.83. The van der Waals surface area contributed by atoms with Crippen LogP contribution in [0, 0.1) is 5.95 Å².